The van der Waals surface area contributed by atoms with Gasteiger partial charge in [0, 0.05) is 0 Å². The molecule has 2 atom stereocenters. The van der Waals surface area contributed by atoms with Gasteiger partial charge in [-0.1, -0.05) is 19.9 Å². The first kappa shape index (κ1) is 16.3. The summed E-state index contributed by atoms with van der Waals surface area (Å²) in [6.07, 6.45) is 0.876. The second kappa shape index (κ2) is 7.14. The molecule has 0 bridgehead atoms. The fourth-order valence-electron chi connectivity index (χ4n) is 2.03. The molecule has 5 nitrogen and oxygen atoms in total. The van der Waals surface area contributed by atoms with Crippen LogP contribution in [-0.4, -0.2) is 28.3 Å². The van der Waals surface area contributed by atoms with Crippen LogP contribution < -0.4 is 5.73 Å². The van der Waals surface area contributed by atoms with Crippen molar-refractivity contribution in [1.82, 2.24) is 0 Å². The molecular weight excluding hydrogens is 258 g/mol. The number of carbonyl (C=O) groups excluding carboxylic acids is 1. The van der Waals surface area contributed by atoms with E-state index in [1.54, 1.807) is 6.07 Å². The molecule has 20 heavy (non-hydrogen) atoms. The lowest BCUT2D eigenvalue weighted by Gasteiger charge is -2.18. The third kappa shape index (κ3) is 5.09. The molecule has 0 fully saturated rings. The Morgan fingerprint density at radius 2 is 1.90 bits per heavy atom. The Kier molecular flexibility index (Phi) is 5.82. The van der Waals surface area contributed by atoms with E-state index in [-0.39, 0.29) is 24.0 Å². The lowest BCUT2D eigenvalue weighted by Crippen LogP contribution is -2.36. The number of phenolic OH excluding ortho intramolecular Hbond substituents is 2. The van der Waals surface area contributed by atoms with E-state index >= 15 is 0 Å². The number of hydrogen-bond acceptors (Lipinski definition) is 5. The Bertz CT molecular complexity index is 459. The van der Waals surface area contributed by atoms with Gasteiger partial charge in [0.25, 0.3) is 0 Å². The van der Waals surface area contributed by atoms with Crippen molar-refractivity contribution in [2.45, 2.75) is 45.8 Å². The molecule has 0 heterocycles. The molecule has 4 N–H and O–H groups in total. The summed E-state index contributed by atoms with van der Waals surface area (Å²) in [5.41, 5.74) is 6.47. The molecule has 0 aliphatic heterocycles. The van der Waals surface area contributed by atoms with Crippen LogP contribution in [0.4, 0.5) is 0 Å². The van der Waals surface area contributed by atoms with Crippen molar-refractivity contribution < 1.29 is 19.7 Å². The maximum Gasteiger partial charge on any atom is 0.323 e. The first-order chi connectivity index (χ1) is 9.29. The number of ether oxygens (including phenoxy) is 1. The van der Waals surface area contributed by atoms with Gasteiger partial charge in [-0.25, -0.2) is 0 Å². The Morgan fingerprint density at radius 3 is 2.45 bits per heavy atom. The van der Waals surface area contributed by atoms with E-state index in [1.165, 1.54) is 12.1 Å². The normalized spacial score (nSPS) is 14.1. The maximum absolute atomic E-state index is 11.8. The van der Waals surface area contributed by atoms with E-state index in [9.17, 15) is 15.0 Å². The second-order valence-electron chi connectivity index (χ2n) is 5.51. The van der Waals surface area contributed by atoms with Crippen molar-refractivity contribution in [3.63, 3.8) is 0 Å². The van der Waals surface area contributed by atoms with E-state index in [4.69, 9.17) is 10.5 Å². The maximum atomic E-state index is 11.8. The van der Waals surface area contributed by atoms with Gasteiger partial charge >= 0.3 is 5.97 Å². The number of esters is 1. The van der Waals surface area contributed by atoms with Crippen molar-refractivity contribution in [3.8, 4) is 11.5 Å². The first-order valence-corrected chi connectivity index (χ1v) is 6.76. The molecule has 112 valence electrons. The van der Waals surface area contributed by atoms with E-state index in [0.717, 1.165) is 6.42 Å². The fraction of sp³-hybridized carbons (Fsp3) is 0.533. The highest BCUT2D eigenvalue weighted by atomic mass is 16.5. The molecule has 1 rings (SSSR count). The van der Waals surface area contributed by atoms with Crippen LogP contribution in [0.25, 0.3) is 0 Å². The molecule has 1 aromatic carbocycles. The van der Waals surface area contributed by atoms with Gasteiger partial charge in [0.2, 0.25) is 0 Å². The molecule has 1 aromatic rings. The van der Waals surface area contributed by atoms with Crippen LogP contribution in [-0.2, 0) is 16.0 Å². The topological polar surface area (TPSA) is 92.8 Å². The average molecular weight is 281 g/mol. The summed E-state index contributed by atoms with van der Waals surface area (Å²) in [6.45, 7) is 5.96. The third-order valence-corrected chi connectivity index (χ3v) is 2.92. The highest BCUT2D eigenvalue weighted by Crippen LogP contribution is 2.25. The number of carbonyl (C=O) groups is 1. The number of benzene rings is 1. The van der Waals surface area contributed by atoms with Crippen molar-refractivity contribution in [2.75, 3.05) is 0 Å². The van der Waals surface area contributed by atoms with Gasteiger partial charge in [-0.05, 0) is 43.4 Å². The zero-order valence-electron chi connectivity index (χ0n) is 12.2. The zero-order valence-corrected chi connectivity index (χ0v) is 12.2. The number of phenols is 2. The first-order valence-electron chi connectivity index (χ1n) is 6.76. The summed E-state index contributed by atoms with van der Waals surface area (Å²) in [7, 11) is 0. The van der Waals surface area contributed by atoms with Crippen molar-refractivity contribution in [2.24, 2.45) is 11.7 Å². The standard InChI is InChI=1S/C15H23NO4/c1-9(2)6-10(3)20-15(19)12(16)7-11-4-5-13(17)14(18)8-11/h4-5,8-10,12,17-18H,6-7,16H2,1-3H3/t10?,12-/m0/s1. The fourth-order valence-corrected chi connectivity index (χ4v) is 2.03. The Morgan fingerprint density at radius 1 is 1.25 bits per heavy atom. The monoisotopic (exact) mass is 281 g/mol. The molecular formula is C15H23NO4. The SMILES string of the molecule is CC(C)CC(C)OC(=O)[C@@H](N)Cc1ccc(O)c(O)c1. The molecule has 0 saturated carbocycles. The van der Waals surface area contributed by atoms with Crippen molar-refractivity contribution >= 4 is 5.97 Å². The molecule has 0 aromatic heterocycles. The van der Waals surface area contributed by atoms with Crippen LogP contribution in [0, 0.1) is 5.92 Å². The summed E-state index contributed by atoms with van der Waals surface area (Å²) in [6, 6.07) is 3.58. The number of aromatic hydroxyl groups is 2. The number of rotatable bonds is 6. The van der Waals surface area contributed by atoms with Crippen LogP contribution in [0.3, 0.4) is 0 Å². The lowest BCUT2D eigenvalue weighted by molar-refractivity contribution is -0.150. The summed E-state index contributed by atoms with van der Waals surface area (Å²) >= 11 is 0. The average Bonchev–Trinajstić information content (AvgIpc) is 2.32. The van der Waals surface area contributed by atoms with Gasteiger partial charge < -0.3 is 20.7 Å². The van der Waals surface area contributed by atoms with Gasteiger partial charge in [0.1, 0.15) is 6.04 Å². The molecule has 0 spiro atoms. The van der Waals surface area contributed by atoms with Crippen LogP contribution in [0.2, 0.25) is 0 Å². The quantitative estimate of drug-likeness (QED) is 0.547. The highest BCUT2D eigenvalue weighted by Gasteiger charge is 2.19. The number of hydrogen-bond donors (Lipinski definition) is 3. The largest absolute Gasteiger partial charge is 0.504 e. The van der Waals surface area contributed by atoms with E-state index in [0.29, 0.717) is 11.5 Å². The molecule has 1 unspecified atom stereocenters. The minimum absolute atomic E-state index is 0.165. The number of nitrogens with two attached hydrogens (primary N) is 1. The smallest absolute Gasteiger partial charge is 0.323 e. The van der Waals surface area contributed by atoms with Gasteiger partial charge in [-0.3, -0.25) is 4.79 Å². The molecule has 0 amide bonds. The van der Waals surface area contributed by atoms with Gasteiger partial charge in [-0.15, -0.1) is 0 Å². The molecule has 0 aliphatic rings. The Hall–Kier alpha value is -1.75. The van der Waals surface area contributed by atoms with Crippen molar-refractivity contribution in [1.29, 1.82) is 0 Å². The summed E-state index contributed by atoms with van der Waals surface area (Å²) in [4.78, 5) is 11.8. The molecule has 0 radical (unpaired) electrons. The third-order valence-electron chi connectivity index (χ3n) is 2.92. The Labute approximate surface area is 119 Å². The zero-order chi connectivity index (χ0) is 15.3. The predicted molar refractivity (Wildman–Crippen MR) is 76.5 cm³/mol. The van der Waals surface area contributed by atoms with Gasteiger partial charge in [0.15, 0.2) is 11.5 Å². The minimum atomic E-state index is -0.784. The Balaban J connectivity index is 2.54. The van der Waals surface area contributed by atoms with Crippen LogP contribution >= 0.6 is 0 Å². The van der Waals surface area contributed by atoms with E-state index < -0.39 is 12.0 Å². The summed E-state index contributed by atoms with van der Waals surface area (Å²) in [5.74, 6) is -0.430. The second-order valence-corrected chi connectivity index (χ2v) is 5.51. The van der Waals surface area contributed by atoms with Crippen molar-refractivity contribution in [3.05, 3.63) is 23.8 Å². The van der Waals surface area contributed by atoms with E-state index in [2.05, 4.69) is 13.8 Å². The van der Waals surface area contributed by atoms with Crippen LogP contribution in [0.15, 0.2) is 18.2 Å². The van der Waals surface area contributed by atoms with Gasteiger partial charge in [-0.2, -0.15) is 0 Å². The lowest BCUT2D eigenvalue weighted by atomic mass is 10.1. The summed E-state index contributed by atoms with van der Waals surface area (Å²) in [5, 5.41) is 18.6. The van der Waals surface area contributed by atoms with Gasteiger partial charge in [0.05, 0.1) is 6.10 Å². The highest BCUT2D eigenvalue weighted by molar-refractivity contribution is 5.76. The molecule has 0 saturated heterocycles. The van der Waals surface area contributed by atoms with Crippen LogP contribution in [0.1, 0.15) is 32.8 Å². The molecule has 5 heteroatoms. The predicted octanol–water partition coefficient (Wildman–Crippen LogP) is 1.95. The molecule has 0 aliphatic carbocycles. The minimum Gasteiger partial charge on any atom is -0.504 e. The van der Waals surface area contributed by atoms with Crippen LogP contribution in [0.5, 0.6) is 11.5 Å². The van der Waals surface area contributed by atoms with E-state index in [1.807, 2.05) is 6.92 Å². The summed E-state index contributed by atoms with van der Waals surface area (Å²) < 4.78 is 5.27.